The van der Waals surface area contributed by atoms with E-state index < -0.39 is 0 Å². The number of likely N-dealkylation sites (tertiary alicyclic amines) is 1. The molecule has 0 N–H and O–H groups in total. The number of nitrogens with zero attached hydrogens (tertiary/aromatic N) is 3. The Morgan fingerprint density at radius 3 is 3.05 bits per heavy atom. The van der Waals surface area contributed by atoms with E-state index in [1.165, 1.54) is 0 Å². The third-order valence-electron chi connectivity index (χ3n) is 3.97. The molecule has 1 fully saturated rings. The summed E-state index contributed by atoms with van der Waals surface area (Å²) in [6.45, 7) is 5.27. The van der Waals surface area contributed by atoms with Gasteiger partial charge in [-0.2, -0.15) is 4.98 Å². The molecule has 0 spiro atoms. The van der Waals surface area contributed by atoms with Gasteiger partial charge in [-0.3, -0.25) is 4.79 Å². The molecule has 0 bridgehead atoms. The van der Waals surface area contributed by atoms with E-state index in [4.69, 9.17) is 8.94 Å². The maximum absolute atomic E-state index is 12.5. The summed E-state index contributed by atoms with van der Waals surface area (Å²) in [5.41, 5.74) is 0. The first-order valence-corrected chi connectivity index (χ1v) is 7.85. The summed E-state index contributed by atoms with van der Waals surface area (Å²) in [5, 5.41) is 4.00. The second-order valence-corrected chi connectivity index (χ2v) is 5.80. The number of carbonyl (C=O) groups excluding carboxylic acids is 1. The SMILES string of the molecule is CCCc1noc(C2CCCN(C(=O)c3ccc(C)o3)C2)n1. The van der Waals surface area contributed by atoms with Crippen LogP contribution in [-0.4, -0.2) is 34.0 Å². The van der Waals surface area contributed by atoms with Gasteiger partial charge in [-0.05, 0) is 38.3 Å². The summed E-state index contributed by atoms with van der Waals surface area (Å²) in [7, 11) is 0. The highest BCUT2D eigenvalue weighted by molar-refractivity contribution is 5.91. The molecule has 2 aromatic rings. The van der Waals surface area contributed by atoms with Crippen LogP contribution >= 0.6 is 0 Å². The highest BCUT2D eigenvalue weighted by atomic mass is 16.5. The van der Waals surface area contributed by atoms with E-state index in [0.29, 0.717) is 18.2 Å². The number of hydrogen-bond acceptors (Lipinski definition) is 5. The molecule has 0 aliphatic carbocycles. The molecule has 22 heavy (non-hydrogen) atoms. The molecule has 0 saturated carbocycles. The molecule has 1 aliphatic heterocycles. The molecule has 1 unspecified atom stereocenters. The number of hydrogen-bond donors (Lipinski definition) is 0. The highest BCUT2D eigenvalue weighted by Crippen LogP contribution is 2.27. The van der Waals surface area contributed by atoms with E-state index in [1.807, 2.05) is 17.9 Å². The number of amides is 1. The smallest absolute Gasteiger partial charge is 0.289 e. The molecule has 3 heterocycles. The Morgan fingerprint density at radius 2 is 2.32 bits per heavy atom. The normalized spacial score (nSPS) is 18.6. The highest BCUT2D eigenvalue weighted by Gasteiger charge is 2.30. The van der Waals surface area contributed by atoms with Crippen LogP contribution in [0.3, 0.4) is 0 Å². The van der Waals surface area contributed by atoms with Crippen LogP contribution in [-0.2, 0) is 6.42 Å². The first-order valence-electron chi connectivity index (χ1n) is 7.85. The molecule has 118 valence electrons. The number of furan rings is 1. The molecule has 2 aromatic heterocycles. The van der Waals surface area contributed by atoms with Gasteiger partial charge in [-0.1, -0.05) is 12.1 Å². The maximum atomic E-state index is 12.5. The molecule has 6 nitrogen and oxygen atoms in total. The molecule has 1 atom stereocenters. The number of piperidine rings is 1. The average Bonchev–Trinajstić information content (AvgIpc) is 3.16. The summed E-state index contributed by atoms with van der Waals surface area (Å²) in [5.74, 6) is 2.60. The van der Waals surface area contributed by atoms with Crippen LogP contribution in [0.25, 0.3) is 0 Å². The van der Waals surface area contributed by atoms with Crippen LogP contribution in [0.4, 0.5) is 0 Å². The van der Waals surface area contributed by atoms with Crippen molar-refractivity contribution in [1.29, 1.82) is 0 Å². The molecular formula is C16H21N3O3. The monoisotopic (exact) mass is 303 g/mol. The zero-order valence-corrected chi connectivity index (χ0v) is 13.0. The summed E-state index contributed by atoms with van der Waals surface area (Å²) in [4.78, 5) is 18.7. The van der Waals surface area contributed by atoms with Crippen molar-refractivity contribution >= 4 is 5.91 Å². The van der Waals surface area contributed by atoms with E-state index >= 15 is 0 Å². The van der Waals surface area contributed by atoms with E-state index in [9.17, 15) is 4.79 Å². The fourth-order valence-corrected chi connectivity index (χ4v) is 2.83. The zero-order valence-electron chi connectivity index (χ0n) is 13.0. The Kier molecular flexibility index (Phi) is 4.27. The second kappa shape index (κ2) is 6.34. The fraction of sp³-hybridized carbons (Fsp3) is 0.562. The number of aromatic nitrogens is 2. The van der Waals surface area contributed by atoms with Gasteiger partial charge in [-0.25, -0.2) is 0 Å². The topological polar surface area (TPSA) is 72.4 Å². The van der Waals surface area contributed by atoms with Crippen molar-refractivity contribution in [3.8, 4) is 0 Å². The Labute approximate surface area is 129 Å². The first kappa shape index (κ1) is 14.8. The Hall–Kier alpha value is -2.11. The minimum atomic E-state index is -0.0638. The molecule has 0 radical (unpaired) electrons. The van der Waals surface area contributed by atoms with Crippen LogP contribution in [0.5, 0.6) is 0 Å². The van der Waals surface area contributed by atoms with Crippen LogP contribution < -0.4 is 0 Å². The fourth-order valence-electron chi connectivity index (χ4n) is 2.83. The van der Waals surface area contributed by atoms with Crippen LogP contribution in [0.1, 0.15) is 60.1 Å². The quantitative estimate of drug-likeness (QED) is 0.868. The lowest BCUT2D eigenvalue weighted by atomic mass is 9.98. The standard InChI is InChI=1S/C16H21N3O3/c1-3-5-14-17-15(22-18-14)12-6-4-9-19(10-12)16(20)13-8-7-11(2)21-13/h7-8,12H,3-6,9-10H2,1-2H3. The third kappa shape index (κ3) is 3.05. The third-order valence-corrected chi connectivity index (χ3v) is 3.97. The van der Waals surface area contributed by atoms with Gasteiger partial charge in [0.1, 0.15) is 5.76 Å². The molecule has 3 rings (SSSR count). The lowest BCUT2D eigenvalue weighted by Gasteiger charge is -2.30. The average molecular weight is 303 g/mol. The van der Waals surface area contributed by atoms with Gasteiger partial charge in [0, 0.05) is 19.5 Å². The number of aryl methyl sites for hydroxylation is 2. The van der Waals surface area contributed by atoms with Crippen LogP contribution in [0.15, 0.2) is 21.1 Å². The van der Waals surface area contributed by atoms with Crippen molar-refractivity contribution in [1.82, 2.24) is 15.0 Å². The van der Waals surface area contributed by atoms with Crippen molar-refractivity contribution in [2.75, 3.05) is 13.1 Å². The van der Waals surface area contributed by atoms with E-state index in [2.05, 4.69) is 17.1 Å². The van der Waals surface area contributed by atoms with Crippen molar-refractivity contribution in [2.24, 2.45) is 0 Å². The lowest BCUT2D eigenvalue weighted by molar-refractivity contribution is 0.0662. The van der Waals surface area contributed by atoms with Crippen molar-refractivity contribution in [3.63, 3.8) is 0 Å². The molecule has 0 aromatic carbocycles. The number of rotatable bonds is 4. The van der Waals surface area contributed by atoms with Crippen molar-refractivity contribution in [2.45, 2.75) is 45.4 Å². The van der Waals surface area contributed by atoms with Gasteiger partial charge in [0.15, 0.2) is 11.6 Å². The van der Waals surface area contributed by atoms with E-state index in [0.717, 1.165) is 43.8 Å². The maximum Gasteiger partial charge on any atom is 0.289 e. The van der Waals surface area contributed by atoms with Crippen molar-refractivity contribution < 1.29 is 13.7 Å². The van der Waals surface area contributed by atoms with Gasteiger partial charge >= 0.3 is 0 Å². The largest absolute Gasteiger partial charge is 0.456 e. The van der Waals surface area contributed by atoms with Gasteiger partial charge < -0.3 is 13.8 Å². The minimum Gasteiger partial charge on any atom is -0.456 e. The van der Waals surface area contributed by atoms with Gasteiger partial charge in [0.2, 0.25) is 5.89 Å². The van der Waals surface area contributed by atoms with Crippen LogP contribution in [0, 0.1) is 6.92 Å². The zero-order chi connectivity index (χ0) is 15.5. The van der Waals surface area contributed by atoms with Gasteiger partial charge in [0.25, 0.3) is 5.91 Å². The molecule has 1 aliphatic rings. The Bertz CT molecular complexity index is 647. The summed E-state index contributed by atoms with van der Waals surface area (Å²) >= 11 is 0. The Balaban J connectivity index is 1.69. The van der Waals surface area contributed by atoms with E-state index in [-0.39, 0.29) is 11.8 Å². The molecular weight excluding hydrogens is 282 g/mol. The first-order chi connectivity index (χ1) is 10.7. The predicted octanol–water partition coefficient (Wildman–Crippen LogP) is 2.94. The minimum absolute atomic E-state index is 0.0638. The molecule has 1 saturated heterocycles. The van der Waals surface area contributed by atoms with Gasteiger partial charge in [-0.15, -0.1) is 0 Å². The van der Waals surface area contributed by atoms with Crippen molar-refractivity contribution in [3.05, 3.63) is 35.4 Å². The van der Waals surface area contributed by atoms with Gasteiger partial charge in [0.05, 0.1) is 5.92 Å². The van der Waals surface area contributed by atoms with Crippen LogP contribution in [0.2, 0.25) is 0 Å². The summed E-state index contributed by atoms with van der Waals surface area (Å²) in [6, 6.07) is 3.54. The lowest BCUT2D eigenvalue weighted by Crippen LogP contribution is -2.39. The summed E-state index contributed by atoms with van der Waals surface area (Å²) < 4.78 is 10.8. The number of carbonyl (C=O) groups is 1. The summed E-state index contributed by atoms with van der Waals surface area (Å²) in [6.07, 6.45) is 3.72. The second-order valence-electron chi connectivity index (χ2n) is 5.80. The van der Waals surface area contributed by atoms with E-state index in [1.54, 1.807) is 6.07 Å². The molecule has 6 heteroatoms. The Morgan fingerprint density at radius 1 is 1.45 bits per heavy atom. The molecule has 1 amide bonds. The predicted molar refractivity (Wildman–Crippen MR) is 79.6 cm³/mol.